The van der Waals surface area contributed by atoms with E-state index in [1.165, 1.54) is 19.4 Å². The number of fused-ring (bicyclic) bond motifs is 1. The van der Waals surface area contributed by atoms with Crippen LogP contribution in [-0.2, 0) is 0 Å². The highest BCUT2D eigenvalue weighted by Crippen LogP contribution is 2.46. The van der Waals surface area contributed by atoms with Crippen LogP contribution in [0.5, 0.6) is 0 Å². The molecule has 52 valence electrons. The Bertz CT molecular complexity index is 135. The van der Waals surface area contributed by atoms with Crippen LogP contribution in [-0.4, -0.2) is 30.6 Å². The van der Waals surface area contributed by atoms with Gasteiger partial charge in [-0.25, -0.2) is 0 Å². The molecule has 2 atom stereocenters. The Kier molecular flexibility index (Phi) is 0.945. The summed E-state index contributed by atoms with van der Waals surface area (Å²) in [7, 11) is 2.16. The van der Waals surface area contributed by atoms with Crippen molar-refractivity contribution < 1.29 is 0 Å². The van der Waals surface area contributed by atoms with Crippen molar-refractivity contribution in [1.82, 2.24) is 4.90 Å². The van der Waals surface area contributed by atoms with Gasteiger partial charge in [-0.1, -0.05) is 0 Å². The van der Waals surface area contributed by atoms with Crippen LogP contribution in [0.2, 0.25) is 0 Å². The van der Waals surface area contributed by atoms with E-state index in [0.29, 0.717) is 0 Å². The third kappa shape index (κ3) is 0.775. The van der Waals surface area contributed by atoms with Gasteiger partial charge in [-0.15, -0.1) is 0 Å². The van der Waals surface area contributed by atoms with Crippen molar-refractivity contribution in [2.24, 2.45) is 11.7 Å². The van der Waals surface area contributed by atoms with Gasteiger partial charge in [-0.2, -0.15) is 0 Å². The first-order valence-electron chi connectivity index (χ1n) is 3.68. The summed E-state index contributed by atoms with van der Waals surface area (Å²) in [5, 5.41) is 0. The van der Waals surface area contributed by atoms with Crippen LogP contribution in [0.3, 0.4) is 0 Å². The molecular formula is C7H14N2. The van der Waals surface area contributed by atoms with Gasteiger partial charge in [0, 0.05) is 12.1 Å². The first-order valence-corrected chi connectivity index (χ1v) is 3.68. The fourth-order valence-corrected chi connectivity index (χ4v) is 1.94. The van der Waals surface area contributed by atoms with Crippen LogP contribution in [0.1, 0.15) is 12.8 Å². The molecule has 2 aliphatic rings. The minimum absolute atomic E-state index is 0.243. The number of nitrogens with zero attached hydrogens (tertiary/aromatic N) is 1. The zero-order chi connectivity index (χ0) is 6.48. The summed E-state index contributed by atoms with van der Waals surface area (Å²) in [6.45, 7) is 2.38. The number of hydrogen-bond acceptors (Lipinski definition) is 2. The van der Waals surface area contributed by atoms with E-state index in [4.69, 9.17) is 5.73 Å². The highest BCUT2D eigenvalue weighted by atomic mass is 15.2. The minimum Gasteiger partial charge on any atom is -0.324 e. The van der Waals surface area contributed by atoms with Gasteiger partial charge in [0.2, 0.25) is 0 Å². The molecule has 0 spiro atoms. The Hall–Kier alpha value is -0.0800. The molecule has 1 aliphatic heterocycles. The van der Waals surface area contributed by atoms with Crippen molar-refractivity contribution >= 4 is 0 Å². The van der Waals surface area contributed by atoms with E-state index in [1.807, 2.05) is 0 Å². The standard InChI is InChI=1S/C7H14N2/c1-9-3-2-6-4-7(6,8)5-9/h6H,2-5,8H2,1H3. The van der Waals surface area contributed by atoms with Crippen molar-refractivity contribution in [1.29, 1.82) is 0 Å². The predicted molar refractivity (Wildman–Crippen MR) is 37.1 cm³/mol. The molecule has 2 heteroatoms. The molecule has 2 rings (SSSR count). The normalized spacial score (nSPS) is 50.7. The second kappa shape index (κ2) is 1.50. The summed E-state index contributed by atoms with van der Waals surface area (Å²) >= 11 is 0. The average Bonchev–Trinajstić information content (AvgIpc) is 2.38. The van der Waals surface area contributed by atoms with Crippen LogP contribution in [0.4, 0.5) is 0 Å². The van der Waals surface area contributed by atoms with Crippen LogP contribution in [0.15, 0.2) is 0 Å². The van der Waals surface area contributed by atoms with Gasteiger partial charge >= 0.3 is 0 Å². The zero-order valence-corrected chi connectivity index (χ0v) is 5.93. The van der Waals surface area contributed by atoms with Gasteiger partial charge in [-0.3, -0.25) is 0 Å². The summed E-state index contributed by atoms with van der Waals surface area (Å²) in [6, 6.07) is 0. The van der Waals surface area contributed by atoms with Gasteiger partial charge in [-0.05, 0) is 32.4 Å². The van der Waals surface area contributed by atoms with Crippen molar-refractivity contribution in [3.8, 4) is 0 Å². The van der Waals surface area contributed by atoms with E-state index in [2.05, 4.69) is 11.9 Å². The second-order valence-corrected chi connectivity index (χ2v) is 3.66. The van der Waals surface area contributed by atoms with E-state index in [-0.39, 0.29) is 5.54 Å². The van der Waals surface area contributed by atoms with Crippen LogP contribution in [0.25, 0.3) is 0 Å². The minimum atomic E-state index is 0.243. The summed E-state index contributed by atoms with van der Waals surface area (Å²) in [4.78, 5) is 2.34. The number of piperidine rings is 1. The Morgan fingerprint density at radius 2 is 2.44 bits per heavy atom. The Labute approximate surface area is 56.0 Å². The molecule has 0 amide bonds. The largest absolute Gasteiger partial charge is 0.324 e. The summed E-state index contributed by atoms with van der Waals surface area (Å²) in [5.74, 6) is 0.869. The van der Waals surface area contributed by atoms with E-state index >= 15 is 0 Å². The van der Waals surface area contributed by atoms with Gasteiger partial charge < -0.3 is 10.6 Å². The molecule has 1 aliphatic carbocycles. The molecule has 0 bridgehead atoms. The third-order valence-corrected chi connectivity index (χ3v) is 2.70. The Balaban J connectivity index is 2.03. The van der Waals surface area contributed by atoms with Gasteiger partial charge in [0.25, 0.3) is 0 Å². The third-order valence-electron chi connectivity index (χ3n) is 2.70. The van der Waals surface area contributed by atoms with E-state index < -0.39 is 0 Å². The number of likely N-dealkylation sites (tertiary alicyclic amines) is 1. The van der Waals surface area contributed by atoms with Gasteiger partial charge in [0.15, 0.2) is 0 Å². The number of hydrogen-bond donors (Lipinski definition) is 1. The quantitative estimate of drug-likeness (QED) is 0.496. The smallest absolute Gasteiger partial charge is 0.0316 e. The predicted octanol–water partition coefficient (Wildman–Crippen LogP) is 0.0393. The van der Waals surface area contributed by atoms with Crippen molar-refractivity contribution in [2.75, 3.05) is 20.1 Å². The highest BCUT2D eigenvalue weighted by molar-refractivity contribution is 5.11. The zero-order valence-electron chi connectivity index (χ0n) is 5.93. The summed E-state index contributed by atoms with van der Waals surface area (Å²) in [5.41, 5.74) is 6.24. The molecule has 0 radical (unpaired) electrons. The van der Waals surface area contributed by atoms with Crippen LogP contribution in [0, 0.1) is 5.92 Å². The molecule has 0 aromatic heterocycles. The molecule has 1 saturated heterocycles. The van der Waals surface area contributed by atoms with Crippen LogP contribution < -0.4 is 5.73 Å². The fraction of sp³-hybridized carbons (Fsp3) is 1.00. The molecule has 2 N–H and O–H groups in total. The molecule has 1 heterocycles. The number of nitrogens with two attached hydrogens (primary N) is 1. The lowest BCUT2D eigenvalue weighted by Gasteiger charge is -2.26. The van der Waals surface area contributed by atoms with Gasteiger partial charge in [0.05, 0.1) is 0 Å². The van der Waals surface area contributed by atoms with Crippen molar-refractivity contribution in [3.63, 3.8) is 0 Å². The van der Waals surface area contributed by atoms with Crippen molar-refractivity contribution in [2.45, 2.75) is 18.4 Å². The maximum Gasteiger partial charge on any atom is 0.0316 e. The summed E-state index contributed by atoms with van der Waals surface area (Å²) in [6.07, 6.45) is 2.60. The highest BCUT2D eigenvalue weighted by Gasteiger charge is 2.52. The van der Waals surface area contributed by atoms with Crippen molar-refractivity contribution in [3.05, 3.63) is 0 Å². The second-order valence-electron chi connectivity index (χ2n) is 3.66. The summed E-state index contributed by atoms with van der Waals surface area (Å²) < 4.78 is 0. The van der Waals surface area contributed by atoms with E-state index in [0.717, 1.165) is 12.5 Å². The Morgan fingerprint density at radius 3 is 3.00 bits per heavy atom. The van der Waals surface area contributed by atoms with E-state index in [1.54, 1.807) is 0 Å². The lowest BCUT2D eigenvalue weighted by Crippen LogP contribution is -2.43. The van der Waals surface area contributed by atoms with Crippen LogP contribution >= 0.6 is 0 Å². The molecule has 1 saturated carbocycles. The number of likely N-dealkylation sites (N-methyl/N-ethyl adjacent to an activating group) is 1. The molecule has 2 fully saturated rings. The first-order chi connectivity index (χ1) is 4.21. The average molecular weight is 126 g/mol. The monoisotopic (exact) mass is 126 g/mol. The topological polar surface area (TPSA) is 29.3 Å². The maximum absolute atomic E-state index is 6.00. The SMILES string of the molecule is CN1CCC2CC2(N)C1. The molecular weight excluding hydrogens is 112 g/mol. The molecule has 0 aromatic rings. The van der Waals surface area contributed by atoms with E-state index in [9.17, 15) is 0 Å². The first kappa shape index (κ1) is 5.69. The molecule has 2 unspecified atom stereocenters. The lowest BCUT2D eigenvalue weighted by molar-refractivity contribution is 0.245. The maximum atomic E-state index is 6.00. The lowest BCUT2D eigenvalue weighted by atomic mass is 10.1. The molecule has 0 aromatic carbocycles. The fourth-order valence-electron chi connectivity index (χ4n) is 1.94. The molecule has 2 nitrogen and oxygen atoms in total. The Morgan fingerprint density at radius 1 is 1.67 bits per heavy atom. The molecule has 9 heavy (non-hydrogen) atoms. The number of rotatable bonds is 0. The van der Waals surface area contributed by atoms with Gasteiger partial charge in [0.1, 0.15) is 0 Å².